The zero-order valence-electron chi connectivity index (χ0n) is 16.0. The Morgan fingerprint density at radius 3 is 2.93 bits per heavy atom. The van der Waals surface area contributed by atoms with E-state index in [1.165, 1.54) is 0 Å². The van der Waals surface area contributed by atoms with Crippen LogP contribution >= 0.6 is 0 Å². The van der Waals surface area contributed by atoms with Gasteiger partial charge >= 0.3 is 0 Å². The highest BCUT2D eigenvalue weighted by Gasteiger charge is 2.35. The smallest absolute Gasteiger partial charge is 0.232 e. The van der Waals surface area contributed by atoms with E-state index in [2.05, 4.69) is 14.9 Å². The van der Waals surface area contributed by atoms with E-state index in [-0.39, 0.29) is 5.78 Å². The minimum Gasteiger partial charge on any atom is -0.478 e. The number of aryl methyl sites for hydroxylation is 1. The van der Waals surface area contributed by atoms with E-state index in [4.69, 9.17) is 9.47 Å². The molecule has 2 aromatic heterocycles. The van der Waals surface area contributed by atoms with Crippen molar-refractivity contribution < 1.29 is 14.3 Å². The van der Waals surface area contributed by atoms with Gasteiger partial charge in [0.15, 0.2) is 5.76 Å². The maximum atomic E-state index is 13.0. The SMILES string of the molecule is Cc1cc2c(c3c1C(=O)/C(=C/c1cccnc1)O3)CN(Cc1ccccn1)CO2. The number of hydrogen-bond donors (Lipinski definition) is 0. The van der Waals surface area contributed by atoms with Crippen molar-refractivity contribution in [3.63, 3.8) is 0 Å². The molecule has 0 unspecified atom stereocenters. The molecule has 0 amide bonds. The normalized spacial score (nSPS) is 16.9. The van der Waals surface area contributed by atoms with Crippen molar-refractivity contribution in [3.8, 4) is 11.5 Å². The van der Waals surface area contributed by atoms with Gasteiger partial charge in [0.1, 0.15) is 18.2 Å². The number of nitrogens with zero attached hydrogens (tertiary/aromatic N) is 3. The first-order chi connectivity index (χ1) is 14.2. The summed E-state index contributed by atoms with van der Waals surface area (Å²) >= 11 is 0. The Labute approximate surface area is 168 Å². The zero-order chi connectivity index (χ0) is 19.8. The number of carbonyl (C=O) groups is 1. The molecule has 6 heteroatoms. The molecule has 5 rings (SSSR count). The van der Waals surface area contributed by atoms with Crippen LogP contribution in [0.1, 0.15) is 32.7 Å². The highest BCUT2D eigenvalue weighted by Crippen LogP contribution is 2.44. The molecular weight excluding hydrogens is 366 g/mol. The molecule has 0 bridgehead atoms. The number of ether oxygens (including phenoxy) is 2. The average molecular weight is 385 g/mol. The second-order valence-corrected chi connectivity index (χ2v) is 7.18. The topological polar surface area (TPSA) is 64.5 Å². The molecule has 0 fully saturated rings. The Hall–Kier alpha value is -3.51. The minimum absolute atomic E-state index is 0.106. The number of pyridine rings is 2. The standard InChI is InChI=1S/C23H19N3O3/c1-15-9-19-18(13-26(14-28-19)12-17-6-2-3-8-25-17)23-21(15)22(27)20(29-23)10-16-5-4-7-24-11-16/h2-11H,12-14H2,1H3/b20-10-. The van der Waals surface area contributed by atoms with Gasteiger partial charge in [-0.15, -0.1) is 0 Å². The number of aromatic nitrogens is 2. The molecule has 0 atom stereocenters. The fourth-order valence-corrected chi connectivity index (χ4v) is 3.71. The van der Waals surface area contributed by atoms with E-state index >= 15 is 0 Å². The Balaban J connectivity index is 1.48. The molecule has 0 radical (unpaired) electrons. The number of benzene rings is 1. The predicted octanol–water partition coefficient (Wildman–Crippen LogP) is 3.75. The van der Waals surface area contributed by atoms with Crippen molar-refractivity contribution in [2.75, 3.05) is 6.73 Å². The van der Waals surface area contributed by atoms with E-state index in [1.54, 1.807) is 24.7 Å². The van der Waals surface area contributed by atoms with Crippen LogP contribution in [0.15, 0.2) is 60.7 Å². The molecule has 0 N–H and O–H groups in total. The summed E-state index contributed by atoms with van der Waals surface area (Å²) in [4.78, 5) is 23.6. The van der Waals surface area contributed by atoms with E-state index in [0.717, 1.165) is 28.1 Å². The Kier molecular flexibility index (Phi) is 4.33. The molecular formula is C23H19N3O3. The molecule has 0 aliphatic carbocycles. The molecule has 144 valence electrons. The number of Topliss-reactive ketones (excluding diaryl/α,β-unsaturated/α-hetero) is 1. The summed E-state index contributed by atoms with van der Waals surface area (Å²) in [5.74, 6) is 1.58. The van der Waals surface area contributed by atoms with Crippen LogP contribution in [0.3, 0.4) is 0 Å². The maximum Gasteiger partial charge on any atom is 0.232 e. The molecule has 1 aromatic carbocycles. The lowest BCUT2D eigenvalue weighted by Crippen LogP contribution is -2.32. The highest BCUT2D eigenvalue weighted by molar-refractivity contribution is 6.15. The third-order valence-electron chi connectivity index (χ3n) is 5.08. The summed E-state index contributed by atoms with van der Waals surface area (Å²) in [6.07, 6.45) is 6.91. The van der Waals surface area contributed by atoms with Crippen molar-refractivity contribution >= 4 is 11.9 Å². The minimum atomic E-state index is -0.106. The van der Waals surface area contributed by atoms with Crippen LogP contribution in [0, 0.1) is 6.92 Å². The van der Waals surface area contributed by atoms with Gasteiger partial charge in [-0.05, 0) is 48.4 Å². The number of rotatable bonds is 3. The first-order valence-electron chi connectivity index (χ1n) is 9.45. The van der Waals surface area contributed by atoms with Gasteiger partial charge in [-0.2, -0.15) is 0 Å². The van der Waals surface area contributed by atoms with E-state index in [1.807, 2.05) is 43.3 Å². The van der Waals surface area contributed by atoms with Gasteiger partial charge in [-0.3, -0.25) is 19.7 Å². The van der Waals surface area contributed by atoms with Crippen LogP contribution in [-0.2, 0) is 13.1 Å². The number of ketones is 1. The largest absolute Gasteiger partial charge is 0.478 e. The third-order valence-corrected chi connectivity index (χ3v) is 5.08. The molecule has 2 aliphatic rings. The van der Waals surface area contributed by atoms with E-state index < -0.39 is 0 Å². The molecule has 2 aliphatic heterocycles. The Morgan fingerprint density at radius 2 is 2.14 bits per heavy atom. The second-order valence-electron chi connectivity index (χ2n) is 7.18. The maximum absolute atomic E-state index is 13.0. The predicted molar refractivity (Wildman–Crippen MR) is 107 cm³/mol. The monoisotopic (exact) mass is 385 g/mol. The van der Waals surface area contributed by atoms with Gasteiger partial charge in [0.05, 0.1) is 16.8 Å². The summed E-state index contributed by atoms with van der Waals surface area (Å²) in [7, 11) is 0. The fourth-order valence-electron chi connectivity index (χ4n) is 3.71. The van der Waals surface area contributed by atoms with Gasteiger partial charge < -0.3 is 9.47 Å². The van der Waals surface area contributed by atoms with Crippen LogP contribution in [0.4, 0.5) is 0 Å². The molecule has 4 heterocycles. The van der Waals surface area contributed by atoms with Gasteiger partial charge in [-0.1, -0.05) is 12.1 Å². The third kappa shape index (κ3) is 3.28. The number of allylic oxidation sites excluding steroid dienone is 1. The lowest BCUT2D eigenvalue weighted by molar-refractivity contribution is 0.0861. The van der Waals surface area contributed by atoms with Crippen LogP contribution in [0.25, 0.3) is 6.08 Å². The zero-order valence-corrected chi connectivity index (χ0v) is 16.0. The first-order valence-corrected chi connectivity index (χ1v) is 9.45. The average Bonchev–Trinajstić information content (AvgIpc) is 3.07. The van der Waals surface area contributed by atoms with Crippen LogP contribution in [-0.4, -0.2) is 27.4 Å². The van der Waals surface area contributed by atoms with Gasteiger partial charge in [0.25, 0.3) is 0 Å². The van der Waals surface area contributed by atoms with Gasteiger partial charge in [-0.25, -0.2) is 0 Å². The summed E-state index contributed by atoms with van der Waals surface area (Å²) < 4.78 is 12.0. The lowest BCUT2D eigenvalue weighted by Gasteiger charge is -2.29. The second kappa shape index (κ2) is 7.14. The van der Waals surface area contributed by atoms with Crippen molar-refractivity contribution in [2.24, 2.45) is 0 Å². The molecule has 0 spiro atoms. The van der Waals surface area contributed by atoms with Crippen LogP contribution in [0.2, 0.25) is 0 Å². The van der Waals surface area contributed by atoms with Crippen LogP contribution in [0.5, 0.6) is 11.5 Å². The summed E-state index contributed by atoms with van der Waals surface area (Å²) in [6.45, 7) is 3.67. The Morgan fingerprint density at radius 1 is 1.21 bits per heavy atom. The summed E-state index contributed by atoms with van der Waals surface area (Å²) in [6, 6.07) is 11.5. The van der Waals surface area contributed by atoms with E-state index in [0.29, 0.717) is 36.9 Å². The highest BCUT2D eigenvalue weighted by atomic mass is 16.5. The number of hydrogen-bond acceptors (Lipinski definition) is 6. The summed E-state index contributed by atoms with van der Waals surface area (Å²) in [5.41, 5.74) is 4.16. The van der Waals surface area contributed by atoms with E-state index in [9.17, 15) is 4.79 Å². The van der Waals surface area contributed by atoms with Crippen molar-refractivity contribution in [3.05, 3.63) is 88.7 Å². The fraction of sp³-hybridized carbons (Fsp3) is 0.174. The van der Waals surface area contributed by atoms with Crippen LogP contribution < -0.4 is 9.47 Å². The lowest BCUT2D eigenvalue weighted by atomic mass is 9.98. The van der Waals surface area contributed by atoms with Crippen molar-refractivity contribution in [1.82, 2.24) is 14.9 Å². The molecule has 29 heavy (non-hydrogen) atoms. The Bertz CT molecular complexity index is 1110. The molecule has 0 saturated carbocycles. The molecule has 3 aromatic rings. The van der Waals surface area contributed by atoms with Gasteiger partial charge in [0, 0.05) is 31.7 Å². The number of fused-ring (bicyclic) bond motifs is 3. The van der Waals surface area contributed by atoms with Crippen molar-refractivity contribution in [2.45, 2.75) is 20.0 Å². The quantitative estimate of drug-likeness (QED) is 0.640. The molecule has 6 nitrogen and oxygen atoms in total. The first kappa shape index (κ1) is 17.6. The number of carbonyl (C=O) groups excluding carboxylic acids is 1. The summed E-state index contributed by atoms with van der Waals surface area (Å²) in [5, 5.41) is 0. The molecule has 0 saturated heterocycles. The van der Waals surface area contributed by atoms with Gasteiger partial charge in [0.2, 0.25) is 5.78 Å². The van der Waals surface area contributed by atoms with Crippen molar-refractivity contribution in [1.29, 1.82) is 0 Å².